The van der Waals surface area contributed by atoms with E-state index in [-0.39, 0.29) is 5.91 Å². The highest BCUT2D eigenvalue weighted by atomic mass is 16.5. The molecule has 0 saturated heterocycles. The quantitative estimate of drug-likeness (QED) is 0.706. The fourth-order valence-electron chi connectivity index (χ4n) is 3.14. The maximum atomic E-state index is 13.1. The normalized spacial score (nSPS) is 13.8. The minimum Gasteiger partial charge on any atom is -0.361 e. The van der Waals surface area contributed by atoms with Gasteiger partial charge in [0, 0.05) is 18.5 Å². The van der Waals surface area contributed by atoms with E-state index in [4.69, 9.17) is 4.52 Å². The van der Waals surface area contributed by atoms with Crippen molar-refractivity contribution in [2.75, 3.05) is 7.05 Å². The predicted octanol–water partition coefficient (Wildman–Crippen LogP) is 3.02. The molecule has 1 aliphatic rings. The Morgan fingerprint density at radius 2 is 2.00 bits per heavy atom. The summed E-state index contributed by atoms with van der Waals surface area (Å²) < 4.78 is 7.00. The number of para-hydroxylation sites is 1. The molecule has 1 aromatic carbocycles. The number of aryl methyl sites for hydroxylation is 2. The molecule has 0 N–H and O–H groups in total. The lowest BCUT2D eigenvalue weighted by molar-refractivity contribution is 0.0777. The van der Waals surface area contributed by atoms with Crippen molar-refractivity contribution >= 4 is 5.91 Å². The highest BCUT2D eigenvalue weighted by Crippen LogP contribution is 2.42. The molecule has 4 rings (SSSR count). The standard InChI is InChI=1S/C19H21N5O2/c1-12-16(13(2)26-21-12)11-23(3)19(25)17-18(14-9-10-14)24(22-20-17)15-7-5-4-6-8-15/h4-8,14H,9-11H2,1-3H3. The molecule has 0 aliphatic heterocycles. The predicted molar refractivity (Wildman–Crippen MR) is 95.1 cm³/mol. The average molecular weight is 351 g/mol. The second kappa shape index (κ2) is 6.40. The Morgan fingerprint density at radius 1 is 1.27 bits per heavy atom. The molecule has 0 atom stereocenters. The van der Waals surface area contributed by atoms with Crippen LogP contribution in [0.1, 0.15) is 52.0 Å². The van der Waals surface area contributed by atoms with E-state index in [0.717, 1.165) is 41.2 Å². The zero-order chi connectivity index (χ0) is 18.3. The Hall–Kier alpha value is -2.96. The van der Waals surface area contributed by atoms with Crippen molar-refractivity contribution in [1.29, 1.82) is 0 Å². The molecule has 0 unspecified atom stereocenters. The summed E-state index contributed by atoms with van der Waals surface area (Å²) in [6, 6.07) is 9.82. The second-order valence-corrected chi connectivity index (χ2v) is 6.81. The molecular formula is C19H21N5O2. The molecule has 2 heterocycles. The highest BCUT2D eigenvalue weighted by molar-refractivity contribution is 5.93. The number of hydrogen-bond donors (Lipinski definition) is 0. The molecule has 134 valence electrons. The maximum absolute atomic E-state index is 13.1. The monoisotopic (exact) mass is 351 g/mol. The molecule has 0 radical (unpaired) electrons. The van der Waals surface area contributed by atoms with Gasteiger partial charge < -0.3 is 9.42 Å². The summed E-state index contributed by atoms with van der Waals surface area (Å²) in [5.41, 5.74) is 4.01. The number of hydrogen-bond acceptors (Lipinski definition) is 5. The SMILES string of the molecule is Cc1noc(C)c1CN(C)C(=O)c1nnn(-c2ccccc2)c1C1CC1. The summed E-state index contributed by atoms with van der Waals surface area (Å²) in [7, 11) is 1.77. The first-order chi connectivity index (χ1) is 12.6. The summed E-state index contributed by atoms with van der Waals surface area (Å²) in [5, 5.41) is 12.5. The van der Waals surface area contributed by atoms with Crippen LogP contribution in [0, 0.1) is 13.8 Å². The number of rotatable bonds is 5. The van der Waals surface area contributed by atoms with Gasteiger partial charge in [0.1, 0.15) is 5.76 Å². The maximum Gasteiger partial charge on any atom is 0.276 e. The zero-order valence-electron chi connectivity index (χ0n) is 15.1. The van der Waals surface area contributed by atoms with Gasteiger partial charge >= 0.3 is 0 Å². The minimum absolute atomic E-state index is 0.130. The van der Waals surface area contributed by atoms with Gasteiger partial charge in [0.15, 0.2) is 5.69 Å². The van der Waals surface area contributed by atoms with Crippen LogP contribution in [-0.2, 0) is 6.54 Å². The van der Waals surface area contributed by atoms with Crippen LogP contribution in [0.3, 0.4) is 0 Å². The number of benzene rings is 1. The highest BCUT2D eigenvalue weighted by Gasteiger charge is 2.35. The molecule has 1 fully saturated rings. The van der Waals surface area contributed by atoms with Crippen molar-refractivity contribution in [1.82, 2.24) is 25.1 Å². The summed E-state index contributed by atoms with van der Waals surface area (Å²) in [4.78, 5) is 14.7. The number of amides is 1. The molecule has 7 heteroatoms. The third-order valence-electron chi connectivity index (χ3n) is 4.80. The Labute approximate surface area is 151 Å². The molecule has 0 spiro atoms. The van der Waals surface area contributed by atoms with Crippen molar-refractivity contribution < 1.29 is 9.32 Å². The lowest BCUT2D eigenvalue weighted by Crippen LogP contribution is -2.28. The van der Waals surface area contributed by atoms with Gasteiger partial charge in [-0.2, -0.15) is 0 Å². The number of carbonyl (C=O) groups is 1. The van der Waals surface area contributed by atoms with Crippen LogP contribution in [-0.4, -0.2) is 38.0 Å². The minimum atomic E-state index is -0.130. The van der Waals surface area contributed by atoms with E-state index in [1.807, 2.05) is 44.2 Å². The fraction of sp³-hybridized carbons (Fsp3) is 0.368. The Kier molecular flexibility index (Phi) is 4.06. The van der Waals surface area contributed by atoms with Crippen LogP contribution in [0.15, 0.2) is 34.9 Å². The van der Waals surface area contributed by atoms with Crippen LogP contribution in [0.25, 0.3) is 5.69 Å². The van der Waals surface area contributed by atoms with E-state index in [0.29, 0.717) is 18.2 Å². The van der Waals surface area contributed by atoms with Crippen molar-refractivity contribution in [3.8, 4) is 5.69 Å². The molecule has 3 aromatic rings. The van der Waals surface area contributed by atoms with Gasteiger partial charge in [0.05, 0.1) is 23.6 Å². The smallest absolute Gasteiger partial charge is 0.276 e. The van der Waals surface area contributed by atoms with E-state index in [1.165, 1.54) is 0 Å². The van der Waals surface area contributed by atoms with Crippen LogP contribution in [0.2, 0.25) is 0 Å². The molecule has 2 aromatic heterocycles. The van der Waals surface area contributed by atoms with Gasteiger partial charge in [-0.3, -0.25) is 4.79 Å². The van der Waals surface area contributed by atoms with Gasteiger partial charge in [-0.05, 0) is 38.8 Å². The van der Waals surface area contributed by atoms with Crippen molar-refractivity contribution in [2.45, 2.75) is 39.2 Å². The van der Waals surface area contributed by atoms with E-state index in [1.54, 1.807) is 16.6 Å². The molecule has 1 amide bonds. The van der Waals surface area contributed by atoms with E-state index in [9.17, 15) is 4.79 Å². The van der Waals surface area contributed by atoms with Crippen LogP contribution in [0.5, 0.6) is 0 Å². The van der Waals surface area contributed by atoms with E-state index in [2.05, 4.69) is 15.5 Å². The van der Waals surface area contributed by atoms with Gasteiger partial charge in [-0.15, -0.1) is 5.10 Å². The largest absolute Gasteiger partial charge is 0.361 e. The molecule has 26 heavy (non-hydrogen) atoms. The first kappa shape index (κ1) is 16.5. The fourth-order valence-corrected chi connectivity index (χ4v) is 3.14. The number of aromatic nitrogens is 4. The Morgan fingerprint density at radius 3 is 2.62 bits per heavy atom. The average Bonchev–Trinajstić information content (AvgIpc) is 3.33. The van der Waals surface area contributed by atoms with Crippen molar-refractivity contribution in [2.24, 2.45) is 0 Å². The van der Waals surface area contributed by atoms with E-state index >= 15 is 0 Å². The Balaban J connectivity index is 1.65. The van der Waals surface area contributed by atoms with Gasteiger partial charge in [-0.25, -0.2) is 4.68 Å². The third kappa shape index (κ3) is 2.89. The molecule has 1 saturated carbocycles. The van der Waals surface area contributed by atoms with E-state index < -0.39 is 0 Å². The van der Waals surface area contributed by atoms with Gasteiger partial charge in [0.2, 0.25) is 0 Å². The molecular weight excluding hydrogens is 330 g/mol. The first-order valence-corrected chi connectivity index (χ1v) is 8.74. The molecule has 7 nitrogen and oxygen atoms in total. The van der Waals surface area contributed by atoms with Crippen LogP contribution >= 0.6 is 0 Å². The van der Waals surface area contributed by atoms with Gasteiger partial charge in [-0.1, -0.05) is 28.6 Å². The van der Waals surface area contributed by atoms with Crippen molar-refractivity contribution in [3.05, 3.63) is 58.7 Å². The van der Waals surface area contributed by atoms with Crippen LogP contribution < -0.4 is 0 Å². The lowest BCUT2D eigenvalue weighted by atomic mass is 10.1. The number of nitrogens with zero attached hydrogens (tertiary/aromatic N) is 5. The molecule has 1 aliphatic carbocycles. The second-order valence-electron chi connectivity index (χ2n) is 6.81. The topological polar surface area (TPSA) is 77.1 Å². The summed E-state index contributed by atoms with van der Waals surface area (Å²) >= 11 is 0. The summed E-state index contributed by atoms with van der Waals surface area (Å²) in [6.07, 6.45) is 2.13. The molecule has 0 bridgehead atoms. The third-order valence-corrected chi connectivity index (χ3v) is 4.80. The summed E-state index contributed by atoms with van der Waals surface area (Å²) in [6.45, 7) is 4.17. The lowest BCUT2D eigenvalue weighted by Gasteiger charge is -2.16. The first-order valence-electron chi connectivity index (χ1n) is 8.74. The zero-order valence-corrected chi connectivity index (χ0v) is 15.1. The van der Waals surface area contributed by atoms with Gasteiger partial charge in [0.25, 0.3) is 5.91 Å². The Bertz CT molecular complexity index is 921. The summed E-state index contributed by atoms with van der Waals surface area (Å²) in [5.74, 6) is 0.947. The number of carbonyl (C=O) groups excluding carboxylic acids is 1. The van der Waals surface area contributed by atoms with Crippen molar-refractivity contribution in [3.63, 3.8) is 0 Å². The van der Waals surface area contributed by atoms with Crippen LogP contribution in [0.4, 0.5) is 0 Å².